The predicted octanol–water partition coefficient (Wildman–Crippen LogP) is 3.45. The molecule has 9 nitrogen and oxygen atoms in total. The molecule has 1 aliphatic heterocycles. The van der Waals surface area contributed by atoms with Crippen LogP contribution in [0.4, 0.5) is 5.69 Å². The summed E-state index contributed by atoms with van der Waals surface area (Å²) < 4.78 is 13.4. The van der Waals surface area contributed by atoms with Gasteiger partial charge in [-0.1, -0.05) is 27.7 Å². The van der Waals surface area contributed by atoms with Crippen LogP contribution in [0.15, 0.2) is 52.1 Å². The summed E-state index contributed by atoms with van der Waals surface area (Å²) in [5.41, 5.74) is 1.19. The van der Waals surface area contributed by atoms with Crippen LogP contribution in [-0.2, 0) is 17.9 Å². The smallest absolute Gasteiger partial charge is 0.251 e. The van der Waals surface area contributed by atoms with Crippen LogP contribution in [0, 0.1) is 0 Å². The lowest BCUT2D eigenvalue weighted by Gasteiger charge is -2.09. The number of carbonyl (C=O) groups excluding carboxylic acids is 2. The van der Waals surface area contributed by atoms with Gasteiger partial charge >= 0.3 is 0 Å². The first-order chi connectivity index (χ1) is 15.5. The molecule has 1 aliphatic rings. The molecule has 166 valence electrons. The molecular weight excluding hydrogens is 498 g/mol. The fourth-order valence-corrected chi connectivity index (χ4v) is 4.12. The molecular formula is C21H20BrN5O4S. The van der Waals surface area contributed by atoms with E-state index >= 15 is 0 Å². The monoisotopic (exact) mass is 517 g/mol. The molecule has 1 aromatic heterocycles. The lowest BCUT2D eigenvalue weighted by molar-refractivity contribution is -0.113. The van der Waals surface area contributed by atoms with Crippen LogP contribution in [0.2, 0.25) is 0 Å². The standard InChI is InChI=1S/C21H20BrN5O4S/c1-2-27-18(10-23-20(29)13-3-8-16-17(9-13)31-12-30-16)25-26-21(27)32-11-19(28)24-15-6-4-14(22)5-7-15/h3-9H,2,10-12H2,1H3,(H,23,29)(H,24,28). The molecule has 2 N–H and O–H groups in total. The van der Waals surface area contributed by atoms with Gasteiger partial charge < -0.3 is 24.7 Å². The van der Waals surface area contributed by atoms with E-state index in [9.17, 15) is 9.59 Å². The van der Waals surface area contributed by atoms with Crippen LogP contribution >= 0.6 is 27.7 Å². The van der Waals surface area contributed by atoms with Gasteiger partial charge in [-0.05, 0) is 49.4 Å². The number of ether oxygens (including phenoxy) is 2. The van der Waals surface area contributed by atoms with E-state index in [1.54, 1.807) is 18.2 Å². The number of nitrogens with zero attached hydrogens (tertiary/aromatic N) is 3. The highest BCUT2D eigenvalue weighted by Gasteiger charge is 2.18. The van der Waals surface area contributed by atoms with Gasteiger partial charge in [0.05, 0.1) is 12.3 Å². The molecule has 32 heavy (non-hydrogen) atoms. The van der Waals surface area contributed by atoms with Crippen molar-refractivity contribution in [3.8, 4) is 11.5 Å². The number of amides is 2. The van der Waals surface area contributed by atoms with Crippen LogP contribution in [-0.4, -0.2) is 39.1 Å². The van der Waals surface area contributed by atoms with Crippen molar-refractivity contribution < 1.29 is 19.1 Å². The van der Waals surface area contributed by atoms with Gasteiger partial charge in [-0.3, -0.25) is 9.59 Å². The van der Waals surface area contributed by atoms with Crippen molar-refractivity contribution in [1.82, 2.24) is 20.1 Å². The van der Waals surface area contributed by atoms with Crippen molar-refractivity contribution in [2.24, 2.45) is 0 Å². The third kappa shape index (κ3) is 5.22. The molecule has 11 heteroatoms. The molecule has 0 radical (unpaired) electrons. The molecule has 0 bridgehead atoms. The Labute approximate surface area is 197 Å². The lowest BCUT2D eigenvalue weighted by atomic mass is 10.2. The Morgan fingerprint density at radius 3 is 2.69 bits per heavy atom. The maximum absolute atomic E-state index is 12.5. The number of aromatic nitrogens is 3. The van der Waals surface area contributed by atoms with Crippen molar-refractivity contribution >= 4 is 45.2 Å². The fourth-order valence-electron chi connectivity index (χ4n) is 3.03. The second-order valence-corrected chi connectivity index (χ2v) is 8.60. The summed E-state index contributed by atoms with van der Waals surface area (Å²) in [4.78, 5) is 24.8. The molecule has 0 spiro atoms. The molecule has 2 heterocycles. The van der Waals surface area contributed by atoms with Crippen LogP contribution in [0.3, 0.4) is 0 Å². The van der Waals surface area contributed by atoms with Gasteiger partial charge in [0.1, 0.15) is 0 Å². The van der Waals surface area contributed by atoms with Gasteiger partial charge in [0, 0.05) is 22.3 Å². The predicted molar refractivity (Wildman–Crippen MR) is 123 cm³/mol. The van der Waals surface area contributed by atoms with Gasteiger partial charge in [0.15, 0.2) is 22.5 Å². The summed E-state index contributed by atoms with van der Waals surface area (Å²) in [6, 6.07) is 12.4. The highest BCUT2D eigenvalue weighted by atomic mass is 79.9. The van der Waals surface area contributed by atoms with Crippen molar-refractivity contribution in [1.29, 1.82) is 0 Å². The number of benzene rings is 2. The maximum atomic E-state index is 12.5. The minimum Gasteiger partial charge on any atom is -0.454 e. The zero-order valence-electron chi connectivity index (χ0n) is 17.1. The minimum atomic E-state index is -0.253. The number of anilines is 1. The Morgan fingerprint density at radius 1 is 1.12 bits per heavy atom. The summed E-state index contributed by atoms with van der Waals surface area (Å²) >= 11 is 4.66. The van der Waals surface area contributed by atoms with Gasteiger partial charge in [-0.25, -0.2) is 0 Å². The Bertz CT molecular complexity index is 1140. The molecule has 0 aliphatic carbocycles. The molecule has 0 fully saturated rings. The van der Waals surface area contributed by atoms with Gasteiger partial charge in [-0.15, -0.1) is 10.2 Å². The molecule has 3 aromatic rings. The quantitative estimate of drug-likeness (QED) is 0.440. The van der Waals surface area contributed by atoms with Crippen molar-refractivity contribution in [3.05, 3.63) is 58.3 Å². The van der Waals surface area contributed by atoms with E-state index in [-0.39, 0.29) is 30.9 Å². The molecule has 0 atom stereocenters. The zero-order valence-corrected chi connectivity index (χ0v) is 19.5. The molecule has 0 saturated heterocycles. The molecule has 4 rings (SSSR count). The first-order valence-electron chi connectivity index (χ1n) is 9.81. The Kier molecular flexibility index (Phi) is 6.96. The topological polar surface area (TPSA) is 107 Å². The van der Waals surface area contributed by atoms with E-state index in [2.05, 4.69) is 36.8 Å². The average molecular weight is 518 g/mol. The largest absolute Gasteiger partial charge is 0.454 e. The minimum absolute atomic E-state index is 0.138. The van der Waals surface area contributed by atoms with Crippen LogP contribution in [0.1, 0.15) is 23.1 Å². The molecule has 2 aromatic carbocycles. The van der Waals surface area contributed by atoms with Crippen LogP contribution in [0.25, 0.3) is 0 Å². The van der Waals surface area contributed by atoms with E-state index < -0.39 is 0 Å². The second-order valence-electron chi connectivity index (χ2n) is 6.74. The van der Waals surface area contributed by atoms with Crippen LogP contribution in [0.5, 0.6) is 11.5 Å². The zero-order chi connectivity index (χ0) is 22.5. The summed E-state index contributed by atoms with van der Waals surface area (Å²) in [5, 5.41) is 14.7. The SMILES string of the molecule is CCn1c(CNC(=O)c2ccc3c(c2)OCO3)nnc1SCC(=O)Nc1ccc(Br)cc1. The number of rotatable bonds is 8. The van der Waals surface area contributed by atoms with E-state index in [1.807, 2.05) is 35.8 Å². The van der Waals surface area contributed by atoms with Gasteiger partial charge in [0.25, 0.3) is 5.91 Å². The van der Waals surface area contributed by atoms with E-state index in [4.69, 9.17) is 9.47 Å². The van der Waals surface area contributed by atoms with Crippen molar-refractivity contribution in [2.45, 2.75) is 25.2 Å². The van der Waals surface area contributed by atoms with E-state index in [0.29, 0.717) is 34.6 Å². The number of halogens is 1. The van der Waals surface area contributed by atoms with Crippen molar-refractivity contribution in [2.75, 3.05) is 17.9 Å². The number of nitrogens with one attached hydrogen (secondary N) is 2. The summed E-state index contributed by atoms with van der Waals surface area (Å²) in [7, 11) is 0. The number of carbonyl (C=O) groups is 2. The highest BCUT2D eigenvalue weighted by molar-refractivity contribution is 9.10. The normalized spacial score (nSPS) is 11.9. The Hall–Kier alpha value is -3.05. The third-order valence-corrected chi connectivity index (χ3v) is 6.11. The lowest BCUT2D eigenvalue weighted by Crippen LogP contribution is -2.24. The maximum Gasteiger partial charge on any atom is 0.251 e. The molecule has 2 amide bonds. The fraction of sp³-hybridized carbons (Fsp3) is 0.238. The number of fused-ring (bicyclic) bond motifs is 1. The van der Waals surface area contributed by atoms with Crippen LogP contribution < -0.4 is 20.1 Å². The highest BCUT2D eigenvalue weighted by Crippen LogP contribution is 2.32. The van der Waals surface area contributed by atoms with Crippen molar-refractivity contribution in [3.63, 3.8) is 0 Å². The summed E-state index contributed by atoms with van der Waals surface area (Å²) in [6.45, 7) is 2.93. The second kappa shape index (κ2) is 10.0. The first kappa shape index (κ1) is 22.2. The number of hydrogen-bond donors (Lipinski definition) is 2. The summed E-state index contributed by atoms with van der Waals surface area (Å²) in [6.07, 6.45) is 0. The van der Waals surface area contributed by atoms with Gasteiger partial charge in [-0.2, -0.15) is 0 Å². The average Bonchev–Trinajstić information content (AvgIpc) is 3.43. The third-order valence-electron chi connectivity index (χ3n) is 4.61. The molecule has 0 saturated carbocycles. The van der Waals surface area contributed by atoms with E-state index in [1.165, 1.54) is 11.8 Å². The first-order valence-corrected chi connectivity index (χ1v) is 11.6. The Morgan fingerprint density at radius 2 is 1.91 bits per heavy atom. The number of thioether (sulfide) groups is 1. The number of hydrogen-bond acceptors (Lipinski definition) is 7. The summed E-state index contributed by atoms with van der Waals surface area (Å²) in [5.74, 6) is 1.58. The molecule has 0 unspecified atom stereocenters. The van der Waals surface area contributed by atoms with Gasteiger partial charge in [0.2, 0.25) is 12.7 Å². The van der Waals surface area contributed by atoms with E-state index in [0.717, 1.165) is 10.2 Å². The Balaban J connectivity index is 1.32.